The predicted molar refractivity (Wildman–Crippen MR) is 135 cm³/mol. The molecule has 0 saturated heterocycles. The van der Waals surface area contributed by atoms with Crippen LogP contribution in [0.3, 0.4) is 0 Å². The van der Waals surface area contributed by atoms with Crippen molar-refractivity contribution in [2.45, 2.75) is 65.2 Å². The Hall–Kier alpha value is -0.320. The number of hydrogen-bond donors (Lipinski definition) is 0. The van der Waals surface area contributed by atoms with Crippen LogP contribution in [0.15, 0.2) is 0 Å². The molecule has 0 amide bonds. The van der Waals surface area contributed by atoms with E-state index >= 15 is 0 Å². The van der Waals surface area contributed by atoms with E-state index in [1.807, 2.05) is 0 Å². The van der Waals surface area contributed by atoms with Gasteiger partial charge in [0, 0.05) is 13.2 Å². The first-order valence-corrected chi connectivity index (χ1v) is 13.5. The molecule has 0 fully saturated rings. The van der Waals surface area contributed by atoms with E-state index in [4.69, 9.17) is 37.9 Å². The summed E-state index contributed by atoms with van der Waals surface area (Å²) in [4.78, 5) is 0. The van der Waals surface area contributed by atoms with Crippen LogP contribution in [-0.2, 0) is 37.9 Å². The lowest BCUT2D eigenvalue weighted by molar-refractivity contribution is -0.0232. The molecule has 0 aromatic carbocycles. The van der Waals surface area contributed by atoms with Crippen molar-refractivity contribution in [1.82, 2.24) is 0 Å². The standard InChI is InChI=1S/C26H54O8/c1-3-5-7-9-11-27-13-15-29-17-19-31-21-23-33-25-26-34-24-22-32-20-18-30-16-14-28-12-10-8-6-4-2/h3-26H2,1-2H3. The van der Waals surface area contributed by atoms with Crippen LogP contribution in [-0.4, -0.2) is 106 Å². The number of rotatable bonds is 31. The molecule has 0 unspecified atom stereocenters. The zero-order valence-corrected chi connectivity index (χ0v) is 22.2. The minimum Gasteiger partial charge on any atom is -0.379 e. The Morgan fingerprint density at radius 3 is 0.647 bits per heavy atom. The first kappa shape index (κ1) is 33.7. The Balaban J connectivity index is 2.99. The Kier molecular flexibility index (Phi) is 32.4. The second-order valence-electron chi connectivity index (χ2n) is 8.02. The van der Waals surface area contributed by atoms with Gasteiger partial charge in [-0.3, -0.25) is 0 Å². The SMILES string of the molecule is CCCCCCOCCOCCOCCOCCOCCOCCOCCOCCCCCC. The fraction of sp³-hybridized carbons (Fsp3) is 1.00. The van der Waals surface area contributed by atoms with Gasteiger partial charge in [0.05, 0.1) is 92.5 Å². The molecule has 0 aromatic heterocycles. The van der Waals surface area contributed by atoms with E-state index in [9.17, 15) is 0 Å². The molecule has 8 heteroatoms. The number of unbranched alkanes of at least 4 members (excludes halogenated alkanes) is 6. The van der Waals surface area contributed by atoms with E-state index in [0.29, 0.717) is 92.5 Å². The summed E-state index contributed by atoms with van der Waals surface area (Å²) in [5.74, 6) is 0. The van der Waals surface area contributed by atoms with Gasteiger partial charge in [-0.1, -0.05) is 52.4 Å². The summed E-state index contributed by atoms with van der Waals surface area (Å²) in [6, 6.07) is 0. The van der Waals surface area contributed by atoms with Gasteiger partial charge >= 0.3 is 0 Å². The third-order valence-corrected chi connectivity index (χ3v) is 4.89. The molecule has 0 aliphatic rings. The summed E-state index contributed by atoms with van der Waals surface area (Å²) in [6.07, 6.45) is 9.86. The Morgan fingerprint density at radius 2 is 0.441 bits per heavy atom. The van der Waals surface area contributed by atoms with Gasteiger partial charge in [0.2, 0.25) is 0 Å². The van der Waals surface area contributed by atoms with Gasteiger partial charge in [-0.05, 0) is 12.8 Å². The molecule has 0 radical (unpaired) electrons. The lowest BCUT2D eigenvalue weighted by atomic mass is 10.2. The largest absolute Gasteiger partial charge is 0.379 e. The molecule has 0 N–H and O–H groups in total. The van der Waals surface area contributed by atoms with Crippen LogP contribution >= 0.6 is 0 Å². The molecule has 0 aliphatic heterocycles. The molecule has 34 heavy (non-hydrogen) atoms. The van der Waals surface area contributed by atoms with E-state index < -0.39 is 0 Å². The van der Waals surface area contributed by atoms with Gasteiger partial charge in [-0.25, -0.2) is 0 Å². The van der Waals surface area contributed by atoms with Crippen molar-refractivity contribution in [3.05, 3.63) is 0 Å². The Bertz CT molecular complexity index is 315. The van der Waals surface area contributed by atoms with Crippen molar-refractivity contribution in [2.24, 2.45) is 0 Å². The topological polar surface area (TPSA) is 73.8 Å². The van der Waals surface area contributed by atoms with Crippen molar-refractivity contribution in [3.8, 4) is 0 Å². The monoisotopic (exact) mass is 494 g/mol. The van der Waals surface area contributed by atoms with Gasteiger partial charge in [-0.15, -0.1) is 0 Å². The van der Waals surface area contributed by atoms with E-state index in [-0.39, 0.29) is 0 Å². The Morgan fingerprint density at radius 1 is 0.235 bits per heavy atom. The summed E-state index contributed by atoms with van der Waals surface area (Å²) >= 11 is 0. The fourth-order valence-electron chi connectivity index (χ4n) is 2.90. The molecule has 206 valence electrons. The highest BCUT2D eigenvalue weighted by atomic mass is 16.6. The highest BCUT2D eigenvalue weighted by Gasteiger charge is 1.95. The molecule has 8 nitrogen and oxygen atoms in total. The van der Waals surface area contributed by atoms with Crippen LogP contribution in [0.1, 0.15) is 65.2 Å². The highest BCUT2D eigenvalue weighted by Crippen LogP contribution is 1.99. The maximum atomic E-state index is 5.52. The smallest absolute Gasteiger partial charge is 0.0701 e. The van der Waals surface area contributed by atoms with Crippen LogP contribution in [0.4, 0.5) is 0 Å². The minimum atomic E-state index is 0.553. The Labute approximate surface area is 209 Å². The van der Waals surface area contributed by atoms with Gasteiger partial charge in [0.1, 0.15) is 0 Å². The van der Waals surface area contributed by atoms with Crippen LogP contribution in [0, 0.1) is 0 Å². The maximum Gasteiger partial charge on any atom is 0.0701 e. The van der Waals surface area contributed by atoms with Gasteiger partial charge in [-0.2, -0.15) is 0 Å². The normalized spacial score (nSPS) is 11.5. The summed E-state index contributed by atoms with van der Waals surface area (Å²) in [5, 5.41) is 0. The van der Waals surface area contributed by atoms with Crippen LogP contribution in [0.2, 0.25) is 0 Å². The van der Waals surface area contributed by atoms with Crippen LogP contribution < -0.4 is 0 Å². The first-order chi connectivity index (χ1) is 16.9. The molecule has 0 heterocycles. The average Bonchev–Trinajstić information content (AvgIpc) is 2.85. The molecule has 0 aliphatic carbocycles. The van der Waals surface area contributed by atoms with E-state index in [1.165, 1.54) is 38.5 Å². The lowest BCUT2D eigenvalue weighted by Gasteiger charge is -2.08. The second-order valence-corrected chi connectivity index (χ2v) is 8.02. The highest BCUT2D eigenvalue weighted by molar-refractivity contribution is 4.41. The third kappa shape index (κ3) is 31.7. The summed E-state index contributed by atoms with van der Waals surface area (Å²) in [6.45, 7) is 14.3. The zero-order valence-electron chi connectivity index (χ0n) is 22.2. The van der Waals surface area contributed by atoms with Crippen molar-refractivity contribution >= 4 is 0 Å². The molecular weight excluding hydrogens is 440 g/mol. The van der Waals surface area contributed by atoms with Crippen LogP contribution in [0.25, 0.3) is 0 Å². The average molecular weight is 495 g/mol. The quantitative estimate of drug-likeness (QED) is 0.132. The van der Waals surface area contributed by atoms with Gasteiger partial charge in [0.15, 0.2) is 0 Å². The summed E-state index contributed by atoms with van der Waals surface area (Å²) in [5.41, 5.74) is 0. The van der Waals surface area contributed by atoms with E-state index in [1.54, 1.807) is 0 Å². The lowest BCUT2D eigenvalue weighted by Crippen LogP contribution is -2.15. The zero-order chi connectivity index (χ0) is 24.6. The minimum absolute atomic E-state index is 0.553. The molecule has 0 atom stereocenters. The maximum absolute atomic E-state index is 5.52. The van der Waals surface area contributed by atoms with Crippen molar-refractivity contribution in [1.29, 1.82) is 0 Å². The summed E-state index contributed by atoms with van der Waals surface area (Å²) in [7, 11) is 0. The molecule has 0 rings (SSSR count). The number of hydrogen-bond acceptors (Lipinski definition) is 8. The molecular formula is C26H54O8. The van der Waals surface area contributed by atoms with E-state index in [0.717, 1.165) is 26.1 Å². The third-order valence-electron chi connectivity index (χ3n) is 4.89. The van der Waals surface area contributed by atoms with Gasteiger partial charge < -0.3 is 37.9 Å². The molecule has 0 spiro atoms. The molecule has 0 saturated carbocycles. The van der Waals surface area contributed by atoms with Crippen molar-refractivity contribution < 1.29 is 37.9 Å². The predicted octanol–water partition coefficient (Wildman–Crippen LogP) is 4.28. The van der Waals surface area contributed by atoms with Crippen molar-refractivity contribution in [2.75, 3.05) is 106 Å². The number of ether oxygens (including phenoxy) is 8. The first-order valence-electron chi connectivity index (χ1n) is 13.5. The molecule has 0 aromatic rings. The molecule has 0 bridgehead atoms. The van der Waals surface area contributed by atoms with E-state index in [2.05, 4.69) is 13.8 Å². The van der Waals surface area contributed by atoms with Crippen LogP contribution in [0.5, 0.6) is 0 Å². The van der Waals surface area contributed by atoms with Crippen molar-refractivity contribution in [3.63, 3.8) is 0 Å². The fourth-order valence-corrected chi connectivity index (χ4v) is 2.90. The summed E-state index contributed by atoms with van der Waals surface area (Å²) < 4.78 is 43.8. The second kappa shape index (κ2) is 32.7. The van der Waals surface area contributed by atoms with Gasteiger partial charge in [0.25, 0.3) is 0 Å².